The number of imide groups is 1. The van der Waals surface area contributed by atoms with Crippen molar-refractivity contribution in [1.82, 2.24) is 4.90 Å². The van der Waals surface area contributed by atoms with Crippen LogP contribution in [0.4, 0.5) is 5.69 Å². The van der Waals surface area contributed by atoms with Gasteiger partial charge in [-0.3, -0.25) is 19.3 Å². The van der Waals surface area contributed by atoms with Crippen LogP contribution in [0.25, 0.3) is 0 Å². The van der Waals surface area contributed by atoms with E-state index in [0.717, 1.165) is 10.5 Å². The minimum absolute atomic E-state index is 0.293. The summed E-state index contributed by atoms with van der Waals surface area (Å²) in [6, 6.07) is 11.8. The predicted molar refractivity (Wildman–Crippen MR) is 88.0 cm³/mol. The van der Waals surface area contributed by atoms with E-state index in [2.05, 4.69) is 5.32 Å². The maximum Gasteiger partial charge on any atom is 0.261 e. The second-order valence-electron chi connectivity index (χ2n) is 5.52. The van der Waals surface area contributed by atoms with E-state index in [-0.39, 0.29) is 17.7 Å². The summed E-state index contributed by atoms with van der Waals surface area (Å²) in [7, 11) is 3.02. The molecule has 1 aliphatic rings. The van der Waals surface area contributed by atoms with Crippen molar-refractivity contribution in [2.45, 2.75) is 6.61 Å². The van der Waals surface area contributed by atoms with Crippen LogP contribution in [0, 0.1) is 0 Å². The van der Waals surface area contributed by atoms with E-state index in [4.69, 9.17) is 4.74 Å². The van der Waals surface area contributed by atoms with Gasteiger partial charge in [-0.15, -0.1) is 0 Å². The van der Waals surface area contributed by atoms with Crippen LogP contribution < -0.4 is 5.32 Å². The molecule has 3 rings (SSSR count). The van der Waals surface area contributed by atoms with Crippen molar-refractivity contribution < 1.29 is 19.1 Å². The summed E-state index contributed by atoms with van der Waals surface area (Å²) in [6.07, 6.45) is 0. The molecule has 1 heterocycles. The first kappa shape index (κ1) is 15.9. The first-order valence-electron chi connectivity index (χ1n) is 7.37. The monoisotopic (exact) mass is 324 g/mol. The Hall–Kier alpha value is -2.99. The summed E-state index contributed by atoms with van der Waals surface area (Å²) >= 11 is 0. The zero-order valence-electron chi connectivity index (χ0n) is 13.3. The SMILES string of the molecule is COCc1cccc(C(=O)Nc2ccc3c(c2)C(=O)N(C)C3=O)c1. The van der Waals surface area contributed by atoms with Gasteiger partial charge in [0, 0.05) is 25.4 Å². The minimum Gasteiger partial charge on any atom is -0.380 e. The highest BCUT2D eigenvalue weighted by Gasteiger charge is 2.32. The summed E-state index contributed by atoms with van der Waals surface area (Å²) in [4.78, 5) is 37.3. The largest absolute Gasteiger partial charge is 0.380 e. The van der Waals surface area contributed by atoms with Crippen LogP contribution in [0.3, 0.4) is 0 Å². The van der Waals surface area contributed by atoms with Gasteiger partial charge in [0.2, 0.25) is 0 Å². The molecular formula is C18H16N2O4. The van der Waals surface area contributed by atoms with Gasteiger partial charge in [-0.05, 0) is 35.9 Å². The molecule has 0 unspecified atom stereocenters. The average Bonchev–Trinajstić information content (AvgIpc) is 2.80. The first-order chi connectivity index (χ1) is 11.5. The van der Waals surface area contributed by atoms with E-state index in [1.807, 2.05) is 6.07 Å². The third-order valence-electron chi connectivity index (χ3n) is 3.85. The number of nitrogens with one attached hydrogen (secondary N) is 1. The summed E-state index contributed by atoms with van der Waals surface area (Å²) in [5.74, 6) is -0.994. The molecule has 0 aromatic heterocycles. The maximum atomic E-state index is 12.4. The zero-order valence-corrected chi connectivity index (χ0v) is 13.3. The van der Waals surface area contributed by atoms with E-state index in [1.165, 1.54) is 13.1 Å². The van der Waals surface area contributed by atoms with Crippen molar-refractivity contribution in [2.75, 3.05) is 19.5 Å². The highest BCUT2D eigenvalue weighted by Crippen LogP contribution is 2.25. The molecular weight excluding hydrogens is 308 g/mol. The van der Waals surface area contributed by atoms with Gasteiger partial charge in [-0.2, -0.15) is 0 Å². The van der Waals surface area contributed by atoms with Gasteiger partial charge in [0.15, 0.2) is 0 Å². The molecule has 0 aliphatic carbocycles. The van der Waals surface area contributed by atoms with Crippen LogP contribution in [-0.4, -0.2) is 36.8 Å². The second-order valence-corrected chi connectivity index (χ2v) is 5.52. The van der Waals surface area contributed by atoms with E-state index in [0.29, 0.717) is 29.0 Å². The molecule has 24 heavy (non-hydrogen) atoms. The number of rotatable bonds is 4. The molecule has 2 aromatic rings. The zero-order chi connectivity index (χ0) is 17.3. The van der Waals surface area contributed by atoms with Crippen molar-refractivity contribution in [2.24, 2.45) is 0 Å². The molecule has 2 aromatic carbocycles. The van der Waals surface area contributed by atoms with Gasteiger partial charge in [0.05, 0.1) is 17.7 Å². The lowest BCUT2D eigenvalue weighted by atomic mass is 10.1. The number of amides is 3. The van der Waals surface area contributed by atoms with Gasteiger partial charge in [0.1, 0.15) is 0 Å². The van der Waals surface area contributed by atoms with Gasteiger partial charge >= 0.3 is 0 Å². The fourth-order valence-corrected chi connectivity index (χ4v) is 2.61. The van der Waals surface area contributed by atoms with Gasteiger partial charge in [-0.25, -0.2) is 0 Å². The number of ether oxygens (including phenoxy) is 1. The van der Waals surface area contributed by atoms with Crippen molar-refractivity contribution in [3.05, 3.63) is 64.7 Å². The fraction of sp³-hybridized carbons (Fsp3) is 0.167. The Balaban J connectivity index is 1.82. The minimum atomic E-state index is -0.367. The number of carbonyl (C=O) groups excluding carboxylic acids is 3. The number of benzene rings is 2. The van der Waals surface area contributed by atoms with Crippen LogP contribution in [0.15, 0.2) is 42.5 Å². The number of methoxy groups -OCH3 is 1. The molecule has 0 spiro atoms. The number of fused-ring (bicyclic) bond motifs is 1. The molecule has 0 saturated carbocycles. The topological polar surface area (TPSA) is 75.7 Å². The molecule has 6 heteroatoms. The molecule has 0 bridgehead atoms. The smallest absolute Gasteiger partial charge is 0.261 e. The lowest BCUT2D eigenvalue weighted by molar-refractivity contribution is 0.0692. The molecule has 0 fully saturated rings. The molecule has 1 aliphatic heterocycles. The van der Waals surface area contributed by atoms with Gasteiger partial charge in [-0.1, -0.05) is 12.1 Å². The van der Waals surface area contributed by atoms with Crippen molar-refractivity contribution in [3.8, 4) is 0 Å². The van der Waals surface area contributed by atoms with Crippen LogP contribution in [0.2, 0.25) is 0 Å². The van der Waals surface area contributed by atoms with E-state index in [1.54, 1.807) is 37.4 Å². The van der Waals surface area contributed by atoms with E-state index < -0.39 is 0 Å². The summed E-state index contributed by atoms with van der Waals surface area (Å²) < 4.78 is 5.06. The fourth-order valence-electron chi connectivity index (χ4n) is 2.61. The molecule has 6 nitrogen and oxygen atoms in total. The Morgan fingerprint density at radius 3 is 2.58 bits per heavy atom. The lowest BCUT2D eigenvalue weighted by Gasteiger charge is -2.08. The van der Waals surface area contributed by atoms with Crippen molar-refractivity contribution >= 4 is 23.4 Å². The normalized spacial score (nSPS) is 13.2. The third kappa shape index (κ3) is 2.79. The maximum absolute atomic E-state index is 12.4. The summed E-state index contributed by atoms with van der Waals surface area (Å²) in [5.41, 5.74) is 2.49. The molecule has 0 atom stereocenters. The standard InChI is InChI=1S/C18H16N2O4/c1-20-17(22)14-7-6-13(9-15(14)18(20)23)19-16(21)12-5-3-4-11(8-12)10-24-2/h3-9H,10H2,1-2H3,(H,19,21). The van der Waals surface area contributed by atoms with Gasteiger partial charge < -0.3 is 10.1 Å². The number of carbonyl (C=O) groups is 3. The third-order valence-corrected chi connectivity index (χ3v) is 3.85. The first-order valence-corrected chi connectivity index (χ1v) is 7.37. The average molecular weight is 324 g/mol. The molecule has 0 radical (unpaired) electrons. The Bertz CT molecular complexity index is 845. The molecule has 0 saturated heterocycles. The Morgan fingerprint density at radius 2 is 1.83 bits per heavy atom. The lowest BCUT2D eigenvalue weighted by Crippen LogP contribution is -2.24. The Kier molecular flexibility index (Phi) is 4.14. The van der Waals surface area contributed by atoms with Crippen LogP contribution in [0.5, 0.6) is 0 Å². The van der Waals surface area contributed by atoms with E-state index in [9.17, 15) is 14.4 Å². The summed E-state index contributed by atoms with van der Waals surface area (Å²) in [6.45, 7) is 0.420. The molecule has 1 N–H and O–H groups in total. The highest BCUT2D eigenvalue weighted by atomic mass is 16.5. The van der Waals surface area contributed by atoms with Crippen LogP contribution >= 0.6 is 0 Å². The Labute approximate surface area is 139 Å². The van der Waals surface area contributed by atoms with Crippen molar-refractivity contribution in [3.63, 3.8) is 0 Å². The number of hydrogen-bond donors (Lipinski definition) is 1. The van der Waals surface area contributed by atoms with Gasteiger partial charge in [0.25, 0.3) is 17.7 Å². The highest BCUT2D eigenvalue weighted by molar-refractivity contribution is 6.21. The second kappa shape index (κ2) is 6.25. The summed E-state index contributed by atoms with van der Waals surface area (Å²) in [5, 5.41) is 2.75. The Morgan fingerprint density at radius 1 is 1.08 bits per heavy atom. The van der Waals surface area contributed by atoms with E-state index >= 15 is 0 Å². The number of hydrogen-bond acceptors (Lipinski definition) is 4. The number of nitrogens with zero attached hydrogens (tertiary/aromatic N) is 1. The quantitative estimate of drug-likeness (QED) is 0.876. The number of anilines is 1. The predicted octanol–water partition coefficient (Wildman–Crippen LogP) is 2.31. The van der Waals surface area contributed by atoms with Crippen LogP contribution in [0.1, 0.15) is 36.6 Å². The molecule has 3 amide bonds. The molecule has 122 valence electrons. The van der Waals surface area contributed by atoms with Crippen LogP contribution in [-0.2, 0) is 11.3 Å². The van der Waals surface area contributed by atoms with Crippen molar-refractivity contribution in [1.29, 1.82) is 0 Å².